The number of nitrogens with one attached hydrogen (secondary N) is 1. The third kappa shape index (κ3) is 2.40. The van der Waals surface area contributed by atoms with Gasteiger partial charge < -0.3 is 14.8 Å². The van der Waals surface area contributed by atoms with Gasteiger partial charge in [-0.15, -0.1) is 0 Å². The number of carbonyl (C=O) groups excluding carboxylic acids is 1. The van der Waals surface area contributed by atoms with Gasteiger partial charge in [-0.05, 0) is 25.1 Å². The first-order valence-electron chi connectivity index (χ1n) is 8.30. The Morgan fingerprint density at radius 1 is 1.08 bits per heavy atom. The fourth-order valence-electron chi connectivity index (χ4n) is 3.29. The highest BCUT2D eigenvalue weighted by Gasteiger charge is 2.24. The zero-order chi connectivity index (χ0) is 18.3. The van der Waals surface area contributed by atoms with Crippen molar-refractivity contribution in [1.82, 2.24) is 4.98 Å². The van der Waals surface area contributed by atoms with Gasteiger partial charge in [0.2, 0.25) is 0 Å². The number of ether oxygens (including phenoxy) is 1. The summed E-state index contributed by atoms with van der Waals surface area (Å²) in [7, 11) is 0. The maximum atomic E-state index is 14.4. The van der Waals surface area contributed by atoms with Crippen molar-refractivity contribution in [3.8, 4) is 17.0 Å². The number of aromatic nitrogens is 1. The van der Waals surface area contributed by atoms with Crippen LogP contribution >= 0.6 is 0 Å². The number of esters is 1. The van der Waals surface area contributed by atoms with Crippen molar-refractivity contribution in [3.63, 3.8) is 0 Å². The number of halogens is 1. The highest BCUT2D eigenvalue weighted by Crippen LogP contribution is 2.39. The monoisotopic (exact) mass is 349 g/mol. The van der Waals surface area contributed by atoms with Crippen molar-refractivity contribution < 1.29 is 19.0 Å². The molecule has 0 fully saturated rings. The zero-order valence-corrected chi connectivity index (χ0v) is 14.0. The van der Waals surface area contributed by atoms with Gasteiger partial charge in [0.1, 0.15) is 11.6 Å². The molecule has 1 heterocycles. The summed E-state index contributed by atoms with van der Waals surface area (Å²) in [5.41, 5.74) is 1.48. The number of fused-ring (bicyclic) bond motifs is 3. The number of hydrogen-bond acceptors (Lipinski definition) is 3. The molecule has 4 nitrogen and oxygen atoms in total. The lowest BCUT2D eigenvalue weighted by Gasteiger charge is -2.06. The average molecular weight is 349 g/mol. The molecule has 0 spiro atoms. The fourth-order valence-corrected chi connectivity index (χ4v) is 3.29. The largest absolute Gasteiger partial charge is 0.507 e. The van der Waals surface area contributed by atoms with Gasteiger partial charge in [0.15, 0.2) is 0 Å². The summed E-state index contributed by atoms with van der Waals surface area (Å²) in [5.74, 6) is -0.956. The highest BCUT2D eigenvalue weighted by atomic mass is 19.1. The van der Waals surface area contributed by atoms with Gasteiger partial charge in [0, 0.05) is 21.7 Å². The van der Waals surface area contributed by atoms with Crippen molar-refractivity contribution in [1.29, 1.82) is 0 Å². The van der Waals surface area contributed by atoms with E-state index in [4.69, 9.17) is 4.74 Å². The average Bonchev–Trinajstić information content (AvgIpc) is 3.02. The predicted octanol–water partition coefficient (Wildman–Crippen LogP) is 5.01. The Bertz CT molecular complexity index is 1150. The van der Waals surface area contributed by atoms with E-state index in [1.165, 1.54) is 12.1 Å². The van der Waals surface area contributed by atoms with E-state index in [0.717, 1.165) is 5.39 Å². The van der Waals surface area contributed by atoms with E-state index < -0.39 is 11.8 Å². The van der Waals surface area contributed by atoms with Crippen LogP contribution in [0.5, 0.6) is 5.75 Å². The zero-order valence-electron chi connectivity index (χ0n) is 14.0. The molecule has 0 aliphatic carbocycles. The number of hydrogen-bond donors (Lipinski definition) is 2. The number of phenolic OH excluding ortho intramolecular Hbond substituents is 1. The molecule has 0 amide bonds. The topological polar surface area (TPSA) is 62.3 Å². The number of rotatable bonds is 3. The Morgan fingerprint density at radius 3 is 2.50 bits per heavy atom. The predicted molar refractivity (Wildman–Crippen MR) is 98.8 cm³/mol. The van der Waals surface area contributed by atoms with Gasteiger partial charge in [-0.3, -0.25) is 0 Å². The summed E-state index contributed by atoms with van der Waals surface area (Å²) in [6.45, 7) is 1.91. The lowest BCUT2D eigenvalue weighted by atomic mass is 10.0. The van der Waals surface area contributed by atoms with Crippen molar-refractivity contribution in [2.45, 2.75) is 6.92 Å². The fraction of sp³-hybridized carbons (Fsp3) is 0.0952. The second-order valence-corrected chi connectivity index (χ2v) is 5.94. The first-order chi connectivity index (χ1) is 12.6. The van der Waals surface area contributed by atoms with Crippen LogP contribution in [0.3, 0.4) is 0 Å². The van der Waals surface area contributed by atoms with Crippen LogP contribution in [-0.4, -0.2) is 22.7 Å². The van der Waals surface area contributed by atoms with Crippen LogP contribution in [0.15, 0.2) is 54.6 Å². The summed E-state index contributed by atoms with van der Waals surface area (Å²) in [4.78, 5) is 15.8. The van der Waals surface area contributed by atoms with Crippen LogP contribution in [0, 0.1) is 5.82 Å². The lowest BCUT2D eigenvalue weighted by Crippen LogP contribution is -2.06. The first kappa shape index (κ1) is 16.1. The van der Waals surface area contributed by atoms with Crippen molar-refractivity contribution in [2.75, 3.05) is 6.61 Å². The molecule has 0 unspecified atom stereocenters. The second kappa shape index (κ2) is 6.19. The van der Waals surface area contributed by atoms with Gasteiger partial charge in [-0.2, -0.15) is 0 Å². The Balaban J connectivity index is 2.14. The molecule has 5 heteroatoms. The molecule has 0 saturated carbocycles. The number of aromatic hydroxyl groups is 1. The van der Waals surface area contributed by atoms with E-state index in [2.05, 4.69) is 4.98 Å². The number of H-pyrrole nitrogens is 1. The van der Waals surface area contributed by atoms with E-state index >= 15 is 0 Å². The molecule has 0 bridgehead atoms. The first-order valence-corrected chi connectivity index (χ1v) is 8.30. The summed E-state index contributed by atoms with van der Waals surface area (Å²) < 4.78 is 19.6. The molecule has 130 valence electrons. The number of carbonyl (C=O) groups is 1. The molecule has 2 N–H and O–H groups in total. The third-order valence-electron chi connectivity index (χ3n) is 4.41. The SMILES string of the molecule is CCOC(=O)c1c(-c2ccccc2F)[nH]c2c1cc(O)c1ccccc12. The minimum Gasteiger partial charge on any atom is -0.507 e. The molecule has 0 radical (unpaired) electrons. The van der Waals surface area contributed by atoms with Gasteiger partial charge in [0.25, 0.3) is 0 Å². The van der Waals surface area contributed by atoms with Gasteiger partial charge in [-0.25, -0.2) is 9.18 Å². The molecule has 4 rings (SSSR count). The van der Waals surface area contributed by atoms with E-state index in [9.17, 15) is 14.3 Å². The maximum absolute atomic E-state index is 14.4. The van der Waals surface area contributed by atoms with E-state index in [1.54, 1.807) is 31.2 Å². The molecule has 1 aromatic heterocycles. The molecular formula is C21H16FNO3. The summed E-state index contributed by atoms with van der Waals surface area (Å²) in [6, 6.07) is 15.0. The summed E-state index contributed by atoms with van der Waals surface area (Å²) in [6.07, 6.45) is 0. The molecule has 0 atom stereocenters. The van der Waals surface area contributed by atoms with Crippen LogP contribution in [-0.2, 0) is 4.74 Å². The minimum absolute atomic E-state index is 0.0535. The van der Waals surface area contributed by atoms with Crippen LogP contribution in [0.4, 0.5) is 4.39 Å². The molecule has 0 saturated heterocycles. The Kier molecular flexibility index (Phi) is 3.84. The lowest BCUT2D eigenvalue weighted by molar-refractivity contribution is 0.0529. The minimum atomic E-state index is -0.563. The maximum Gasteiger partial charge on any atom is 0.340 e. The van der Waals surface area contributed by atoms with Crippen molar-refractivity contribution >= 4 is 27.6 Å². The van der Waals surface area contributed by atoms with E-state index in [1.807, 2.05) is 18.2 Å². The smallest absolute Gasteiger partial charge is 0.340 e. The van der Waals surface area contributed by atoms with E-state index in [-0.39, 0.29) is 23.5 Å². The molecule has 0 aliphatic rings. The normalized spacial score (nSPS) is 11.2. The molecule has 4 aromatic rings. The highest BCUT2D eigenvalue weighted by molar-refractivity contribution is 6.18. The molecule has 26 heavy (non-hydrogen) atoms. The summed E-state index contributed by atoms with van der Waals surface area (Å²) >= 11 is 0. The van der Waals surface area contributed by atoms with Gasteiger partial charge >= 0.3 is 5.97 Å². The second-order valence-electron chi connectivity index (χ2n) is 5.94. The Morgan fingerprint density at radius 2 is 1.77 bits per heavy atom. The van der Waals surface area contributed by atoms with E-state index in [0.29, 0.717) is 22.0 Å². The van der Waals surface area contributed by atoms with Crippen LogP contribution in [0.25, 0.3) is 32.9 Å². The van der Waals surface area contributed by atoms with Gasteiger partial charge in [-0.1, -0.05) is 36.4 Å². The van der Waals surface area contributed by atoms with Crippen molar-refractivity contribution in [3.05, 3.63) is 66.0 Å². The molecule has 3 aromatic carbocycles. The van der Waals surface area contributed by atoms with Crippen LogP contribution < -0.4 is 0 Å². The Hall–Kier alpha value is -3.34. The summed E-state index contributed by atoms with van der Waals surface area (Å²) in [5, 5.41) is 12.3. The number of phenols is 1. The molecule has 0 aliphatic heterocycles. The van der Waals surface area contributed by atoms with Crippen LogP contribution in [0.2, 0.25) is 0 Å². The van der Waals surface area contributed by atoms with Gasteiger partial charge in [0.05, 0.1) is 23.4 Å². The number of benzene rings is 3. The number of aromatic amines is 1. The standard InChI is InChI=1S/C21H16FNO3/c1-2-26-21(25)18-15-11-17(24)12-7-3-4-8-13(12)19(15)23-20(18)14-9-5-6-10-16(14)22/h3-11,23-24H,2H2,1H3. The molecular weight excluding hydrogens is 333 g/mol. The third-order valence-corrected chi connectivity index (χ3v) is 4.41. The Labute approximate surface area is 148 Å². The quantitative estimate of drug-likeness (QED) is 0.511. The van der Waals surface area contributed by atoms with Crippen LogP contribution in [0.1, 0.15) is 17.3 Å². The van der Waals surface area contributed by atoms with Crippen molar-refractivity contribution in [2.24, 2.45) is 0 Å².